The maximum absolute atomic E-state index is 5.40. The van der Waals surface area contributed by atoms with Gasteiger partial charge in [0.05, 0.1) is 14.2 Å². The second kappa shape index (κ2) is 8.12. The van der Waals surface area contributed by atoms with Crippen LogP contribution in [0.1, 0.15) is 24.8 Å². The molecule has 0 amide bonds. The molecular weight excluding hydrogens is 252 g/mol. The van der Waals surface area contributed by atoms with Crippen LogP contribution in [0.3, 0.4) is 0 Å². The first-order chi connectivity index (χ1) is 9.83. The van der Waals surface area contributed by atoms with Crippen molar-refractivity contribution in [2.45, 2.75) is 25.8 Å². The molecule has 1 aliphatic heterocycles. The topological polar surface area (TPSA) is 33.7 Å². The van der Waals surface area contributed by atoms with E-state index in [1.165, 1.54) is 37.9 Å². The van der Waals surface area contributed by atoms with Gasteiger partial charge in [0.2, 0.25) is 0 Å². The predicted octanol–water partition coefficient (Wildman–Crippen LogP) is 2.28. The van der Waals surface area contributed by atoms with Crippen molar-refractivity contribution in [3.63, 3.8) is 0 Å². The van der Waals surface area contributed by atoms with E-state index in [0.717, 1.165) is 31.1 Å². The van der Waals surface area contributed by atoms with Crippen molar-refractivity contribution >= 4 is 0 Å². The zero-order chi connectivity index (χ0) is 14.2. The summed E-state index contributed by atoms with van der Waals surface area (Å²) in [6.45, 7) is 5.51. The lowest BCUT2D eigenvalue weighted by Crippen LogP contribution is -2.35. The Hall–Kier alpha value is -1.26. The molecule has 1 saturated heterocycles. The average Bonchev–Trinajstić information content (AvgIpc) is 2.52. The summed E-state index contributed by atoms with van der Waals surface area (Å²) in [6.07, 6.45) is 4.10. The van der Waals surface area contributed by atoms with Gasteiger partial charge in [0.25, 0.3) is 0 Å². The van der Waals surface area contributed by atoms with Gasteiger partial charge >= 0.3 is 0 Å². The van der Waals surface area contributed by atoms with Crippen LogP contribution in [0.25, 0.3) is 0 Å². The number of rotatable bonds is 7. The van der Waals surface area contributed by atoms with E-state index in [4.69, 9.17) is 9.47 Å². The van der Waals surface area contributed by atoms with Crippen molar-refractivity contribution in [2.24, 2.45) is 0 Å². The Morgan fingerprint density at radius 2 is 1.90 bits per heavy atom. The highest BCUT2D eigenvalue weighted by molar-refractivity contribution is 5.40. The molecule has 4 heteroatoms. The van der Waals surface area contributed by atoms with Gasteiger partial charge in [-0.25, -0.2) is 0 Å². The molecule has 1 aliphatic rings. The Kier molecular flexibility index (Phi) is 6.15. The summed E-state index contributed by atoms with van der Waals surface area (Å²) in [4.78, 5) is 2.54. The summed E-state index contributed by atoms with van der Waals surface area (Å²) in [5.41, 5.74) is 1.17. The van der Waals surface area contributed by atoms with Gasteiger partial charge in [-0.05, 0) is 32.0 Å². The summed E-state index contributed by atoms with van der Waals surface area (Å²) in [5.74, 6) is 1.72. The summed E-state index contributed by atoms with van der Waals surface area (Å²) in [6, 6.07) is 5.97. The van der Waals surface area contributed by atoms with Crippen molar-refractivity contribution in [3.05, 3.63) is 23.8 Å². The zero-order valence-electron chi connectivity index (χ0n) is 12.7. The van der Waals surface area contributed by atoms with E-state index in [0.29, 0.717) is 0 Å². The van der Waals surface area contributed by atoms with Gasteiger partial charge in [-0.2, -0.15) is 0 Å². The second-order valence-corrected chi connectivity index (χ2v) is 5.26. The van der Waals surface area contributed by atoms with Crippen LogP contribution >= 0.6 is 0 Å². The summed E-state index contributed by atoms with van der Waals surface area (Å²) >= 11 is 0. The number of nitrogens with one attached hydrogen (secondary N) is 1. The summed E-state index contributed by atoms with van der Waals surface area (Å²) in [5, 5.41) is 3.50. The smallest absolute Gasteiger partial charge is 0.127 e. The normalized spacial score (nSPS) is 16.1. The van der Waals surface area contributed by atoms with Gasteiger partial charge in [0.15, 0.2) is 0 Å². The Morgan fingerprint density at radius 1 is 1.10 bits per heavy atom. The summed E-state index contributed by atoms with van der Waals surface area (Å²) < 4.78 is 10.6. The molecule has 1 heterocycles. The first kappa shape index (κ1) is 15.1. The van der Waals surface area contributed by atoms with E-state index in [2.05, 4.69) is 16.3 Å². The molecule has 0 unspecified atom stereocenters. The standard InChI is InChI=1S/C16H26N2O2/c1-19-15-7-6-14(16(12-15)20-2)13-17-8-11-18-9-4-3-5-10-18/h6-7,12,17H,3-5,8-11,13H2,1-2H3. The Labute approximate surface area is 122 Å². The minimum absolute atomic E-state index is 0.832. The van der Waals surface area contributed by atoms with E-state index in [9.17, 15) is 0 Å². The van der Waals surface area contributed by atoms with Gasteiger partial charge in [-0.3, -0.25) is 0 Å². The molecule has 1 aromatic rings. The lowest BCUT2D eigenvalue weighted by atomic mass is 10.1. The maximum Gasteiger partial charge on any atom is 0.127 e. The highest BCUT2D eigenvalue weighted by Gasteiger charge is 2.09. The number of likely N-dealkylation sites (tertiary alicyclic amines) is 1. The van der Waals surface area contributed by atoms with Gasteiger partial charge in [0.1, 0.15) is 11.5 Å². The molecule has 20 heavy (non-hydrogen) atoms. The Balaban J connectivity index is 1.75. The fourth-order valence-electron chi connectivity index (χ4n) is 2.64. The van der Waals surface area contributed by atoms with Crippen LogP contribution in [0, 0.1) is 0 Å². The molecule has 112 valence electrons. The largest absolute Gasteiger partial charge is 0.497 e. The van der Waals surface area contributed by atoms with Crippen LogP contribution in [-0.2, 0) is 6.54 Å². The third-order valence-corrected chi connectivity index (χ3v) is 3.86. The molecule has 0 atom stereocenters. The molecule has 0 spiro atoms. The molecule has 2 rings (SSSR count). The third kappa shape index (κ3) is 4.39. The van der Waals surface area contributed by atoms with Gasteiger partial charge in [-0.1, -0.05) is 12.5 Å². The predicted molar refractivity (Wildman–Crippen MR) is 81.5 cm³/mol. The number of nitrogens with zero attached hydrogens (tertiary/aromatic N) is 1. The molecule has 0 aromatic heterocycles. The lowest BCUT2D eigenvalue weighted by molar-refractivity contribution is 0.229. The first-order valence-electron chi connectivity index (χ1n) is 7.47. The number of piperidine rings is 1. The molecule has 0 radical (unpaired) electrons. The zero-order valence-corrected chi connectivity index (χ0v) is 12.7. The third-order valence-electron chi connectivity index (χ3n) is 3.86. The van der Waals surface area contributed by atoms with Crippen molar-refractivity contribution < 1.29 is 9.47 Å². The Morgan fingerprint density at radius 3 is 2.60 bits per heavy atom. The van der Waals surface area contributed by atoms with Crippen LogP contribution in [0.15, 0.2) is 18.2 Å². The van der Waals surface area contributed by atoms with E-state index < -0.39 is 0 Å². The minimum atomic E-state index is 0.832. The number of hydrogen-bond donors (Lipinski definition) is 1. The minimum Gasteiger partial charge on any atom is -0.497 e. The molecule has 1 aromatic carbocycles. The maximum atomic E-state index is 5.40. The van der Waals surface area contributed by atoms with E-state index in [1.54, 1.807) is 14.2 Å². The molecule has 0 saturated carbocycles. The molecule has 0 aliphatic carbocycles. The van der Waals surface area contributed by atoms with Crippen LogP contribution in [0.2, 0.25) is 0 Å². The molecule has 4 nitrogen and oxygen atoms in total. The highest BCUT2D eigenvalue weighted by Crippen LogP contribution is 2.24. The molecular formula is C16H26N2O2. The van der Waals surface area contributed by atoms with Gasteiger partial charge in [0, 0.05) is 31.3 Å². The lowest BCUT2D eigenvalue weighted by Gasteiger charge is -2.26. The fraction of sp³-hybridized carbons (Fsp3) is 0.625. The van der Waals surface area contributed by atoms with Gasteiger partial charge in [-0.15, -0.1) is 0 Å². The highest BCUT2D eigenvalue weighted by atomic mass is 16.5. The summed E-state index contributed by atoms with van der Waals surface area (Å²) in [7, 11) is 3.37. The van der Waals surface area contributed by atoms with Crippen LogP contribution in [-0.4, -0.2) is 45.3 Å². The second-order valence-electron chi connectivity index (χ2n) is 5.26. The Bertz CT molecular complexity index is 403. The van der Waals surface area contributed by atoms with Crippen LogP contribution in [0.4, 0.5) is 0 Å². The molecule has 1 N–H and O–H groups in total. The number of methoxy groups -OCH3 is 2. The average molecular weight is 278 g/mol. The van der Waals surface area contributed by atoms with Gasteiger partial charge < -0.3 is 19.7 Å². The van der Waals surface area contributed by atoms with Crippen LogP contribution in [0.5, 0.6) is 11.5 Å². The molecule has 1 fully saturated rings. The SMILES string of the molecule is COc1ccc(CNCCN2CCCCC2)c(OC)c1. The number of ether oxygens (including phenoxy) is 2. The number of hydrogen-bond acceptors (Lipinski definition) is 4. The fourth-order valence-corrected chi connectivity index (χ4v) is 2.64. The van der Waals surface area contributed by atoms with Crippen molar-refractivity contribution in [1.82, 2.24) is 10.2 Å². The van der Waals surface area contributed by atoms with Crippen LogP contribution < -0.4 is 14.8 Å². The first-order valence-corrected chi connectivity index (χ1v) is 7.47. The monoisotopic (exact) mass is 278 g/mol. The molecule has 0 bridgehead atoms. The van der Waals surface area contributed by atoms with E-state index in [-0.39, 0.29) is 0 Å². The quantitative estimate of drug-likeness (QED) is 0.776. The van der Waals surface area contributed by atoms with Crippen molar-refractivity contribution in [3.8, 4) is 11.5 Å². The van der Waals surface area contributed by atoms with E-state index in [1.807, 2.05) is 12.1 Å². The van der Waals surface area contributed by atoms with Crippen molar-refractivity contribution in [2.75, 3.05) is 40.4 Å². The van der Waals surface area contributed by atoms with Crippen molar-refractivity contribution in [1.29, 1.82) is 0 Å². The van der Waals surface area contributed by atoms with E-state index >= 15 is 0 Å². The number of benzene rings is 1.